The van der Waals surface area contributed by atoms with Crippen molar-refractivity contribution in [1.82, 2.24) is 29.5 Å². The minimum absolute atomic E-state index is 0.0305. The lowest BCUT2D eigenvalue weighted by molar-refractivity contribution is 0.0989. The number of anilines is 1. The fourth-order valence-corrected chi connectivity index (χ4v) is 3.34. The highest BCUT2D eigenvalue weighted by atomic mass is 16.6. The van der Waals surface area contributed by atoms with E-state index in [2.05, 4.69) is 24.4 Å². The average Bonchev–Trinajstić information content (AvgIpc) is 3.56. The molecule has 0 spiro atoms. The number of rotatable bonds is 5. The molecule has 1 aliphatic carbocycles. The van der Waals surface area contributed by atoms with Crippen LogP contribution in [0.3, 0.4) is 0 Å². The lowest BCUT2D eigenvalue weighted by Gasteiger charge is -2.28. The zero-order valence-electron chi connectivity index (χ0n) is 18.9. The molecule has 0 atom stereocenters. The molecule has 1 saturated heterocycles. The van der Waals surface area contributed by atoms with E-state index in [4.69, 9.17) is 50.5 Å². The maximum atomic E-state index is 11.2. The molecule has 36 heavy (non-hydrogen) atoms. The van der Waals surface area contributed by atoms with Gasteiger partial charge in [-0.15, -0.1) is 0 Å². The van der Waals surface area contributed by atoms with E-state index in [1.54, 1.807) is 0 Å². The molecule has 1 amide bonds. The van der Waals surface area contributed by atoms with Crippen LogP contribution in [0.1, 0.15) is 23.5 Å². The Morgan fingerprint density at radius 2 is 1.56 bits per heavy atom. The Morgan fingerprint density at radius 1 is 0.972 bits per heavy atom. The Hall–Kier alpha value is -4.60. The van der Waals surface area contributed by atoms with Crippen molar-refractivity contribution < 1.29 is 39.5 Å². The van der Waals surface area contributed by atoms with Gasteiger partial charge in [-0.1, -0.05) is 0 Å². The lowest BCUT2D eigenvalue weighted by atomic mass is 10.3. The Labute approximate surface area is 203 Å². The van der Waals surface area contributed by atoms with Crippen LogP contribution in [-0.2, 0) is 11.3 Å². The number of carbonyl (C=O) groups excluding carboxylic acids is 1. The molecule has 0 bridgehead atoms. The predicted octanol–water partition coefficient (Wildman–Crippen LogP) is 1.07. The van der Waals surface area contributed by atoms with Crippen LogP contribution >= 0.6 is 0 Å². The molecule has 0 unspecified atom stereocenters. The number of imidazole rings is 1. The number of nitrogens with two attached hydrogens (primary N) is 1. The van der Waals surface area contributed by atoms with Gasteiger partial charge in [-0.3, -0.25) is 4.79 Å². The van der Waals surface area contributed by atoms with Crippen molar-refractivity contribution in [2.75, 3.05) is 31.2 Å². The molecule has 5 rings (SSSR count). The number of carbonyl (C=O) groups is 3. The highest BCUT2D eigenvalue weighted by Gasteiger charge is 2.25. The Bertz CT molecular complexity index is 1200. The SMILES string of the molecule is NC(=O)c1ncc(-c2nc(N3CCOCC3)c3ncn(CC4CC4)c3n2)cn1.O=C(O)O.O=C(O)O. The van der Waals surface area contributed by atoms with Gasteiger partial charge in [0.25, 0.3) is 5.91 Å². The molecule has 3 aromatic rings. The molecule has 3 aromatic heterocycles. The van der Waals surface area contributed by atoms with Gasteiger partial charge < -0.3 is 40.4 Å². The number of ether oxygens (including phenoxy) is 1. The third kappa shape index (κ3) is 7.20. The van der Waals surface area contributed by atoms with Gasteiger partial charge >= 0.3 is 12.3 Å². The van der Waals surface area contributed by atoms with Crippen LogP contribution in [0.25, 0.3) is 22.6 Å². The molecule has 1 aliphatic heterocycles. The summed E-state index contributed by atoms with van der Waals surface area (Å²) in [6.45, 7) is 3.71. The largest absolute Gasteiger partial charge is 0.503 e. The third-order valence-corrected chi connectivity index (χ3v) is 5.04. The number of carboxylic acid groups (broad SMARTS) is 4. The van der Waals surface area contributed by atoms with Crippen molar-refractivity contribution in [2.45, 2.75) is 19.4 Å². The highest BCUT2D eigenvalue weighted by molar-refractivity contribution is 5.89. The summed E-state index contributed by atoms with van der Waals surface area (Å²) in [5.41, 5.74) is 7.45. The summed E-state index contributed by atoms with van der Waals surface area (Å²) in [5.74, 6) is 1.29. The van der Waals surface area contributed by atoms with Crippen LogP contribution in [0.2, 0.25) is 0 Å². The highest BCUT2D eigenvalue weighted by Crippen LogP contribution is 2.33. The molecule has 4 heterocycles. The van der Waals surface area contributed by atoms with Gasteiger partial charge in [0, 0.05) is 32.0 Å². The average molecular weight is 504 g/mol. The van der Waals surface area contributed by atoms with Crippen molar-refractivity contribution in [3.05, 3.63) is 24.5 Å². The molecule has 1 saturated carbocycles. The minimum atomic E-state index is -1.83. The Morgan fingerprint density at radius 3 is 2.08 bits per heavy atom. The van der Waals surface area contributed by atoms with E-state index in [-0.39, 0.29) is 5.82 Å². The predicted molar refractivity (Wildman–Crippen MR) is 122 cm³/mol. The third-order valence-electron chi connectivity index (χ3n) is 5.04. The van der Waals surface area contributed by atoms with Crippen LogP contribution in [0, 0.1) is 5.92 Å². The van der Waals surface area contributed by atoms with Crippen LogP contribution in [0.5, 0.6) is 0 Å². The number of nitrogens with zero attached hydrogens (tertiary/aromatic N) is 7. The number of aromatic nitrogens is 6. The second kappa shape index (κ2) is 11.7. The van der Waals surface area contributed by atoms with E-state index in [9.17, 15) is 4.79 Å². The van der Waals surface area contributed by atoms with Crippen LogP contribution in [0.15, 0.2) is 18.7 Å². The standard InChI is InChI=1S/C18H20N8O2.2CH2O3/c19-14(27)16-20-7-12(8-21-16)15-23-17(25-3-5-28-6-4-25)13-18(24-15)26(10-22-13)9-11-1-2-11;2*2-1(3)4/h7-8,10-11H,1-6,9H2,(H2,19,27);2*(H2,2,3,4). The van der Waals surface area contributed by atoms with Gasteiger partial charge in [0.15, 0.2) is 22.8 Å². The summed E-state index contributed by atoms with van der Waals surface area (Å²) >= 11 is 0. The number of hydrogen-bond donors (Lipinski definition) is 5. The molecule has 16 nitrogen and oxygen atoms in total. The van der Waals surface area contributed by atoms with Crippen LogP contribution < -0.4 is 10.6 Å². The van der Waals surface area contributed by atoms with E-state index >= 15 is 0 Å². The zero-order chi connectivity index (χ0) is 26.2. The van der Waals surface area contributed by atoms with Crippen LogP contribution in [0.4, 0.5) is 15.4 Å². The van der Waals surface area contributed by atoms with Crippen molar-refractivity contribution in [3.63, 3.8) is 0 Å². The summed E-state index contributed by atoms with van der Waals surface area (Å²) in [4.78, 5) is 52.7. The molecule has 0 radical (unpaired) electrons. The number of morpholine rings is 1. The Kier molecular flexibility index (Phi) is 8.45. The smallest absolute Gasteiger partial charge is 0.450 e. The molecule has 192 valence electrons. The van der Waals surface area contributed by atoms with E-state index in [1.165, 1.54) is 25.2 Å². The molecule has 2 aliphatic rings. The summed E-state index contributed by atoms with van der Waals surface area (Å²) in [6.07, 6.45) is 3.72. The van der Waals surface area contributed by atoms with Crippen molar-refractivity contribution >= 4 is 35.2 Å². The quantitative estimate of drug-likeness (QED) is 0.326. The molecule has 6 N–H and O–H groups in total. The van der Waals surface area contributed by atoms with Gasteiger partial charge in [0.1, 0.15) is 0 Å². The first-order valence-electron chi connectivity index (χ1n) is 10.7. The first-order valence-corrected chi connectivity index (χ1v) is 10.7. The zero-order valence-corrected chi connectivity index (χ0v) is 18.9. The monoisotopic (exact) mass is 504 g/mol. The van der Waals surface area contributed by atoms with Crippen molar-refractivity contribution in [2.24, 2.45) is 11.7 Å². The summed E-state index contributed by atoms with van der Waals surface area (Å²) in [7, 11) is 0. The van der Waals surface area contributed by atoms with E-state index in [1.807, 2.05) is 6.33 Å². The molecular weight excluding hydrogens is 480 g/mol. The maximum Gasteiger partial charge on any atom is 0.503 e. The van der Waals surface area contributed by atoms with Gasteiger partial charge in [-0.05, 0) is 18.8 Å². The van der Waals surface area contributed by atoms with Gasteiger partial charge in [0.05, 0.1) is 25.1 Å². The lowest BCUT2D eigenvalue weighted by Crippen LogP contribution is -2.37. The first kappa shape index (κ1) is 26.0. The summed E-state index contributed by atoms with van der Waals surface area (Å²) < 4.78 is 7.57. The van der Waals surface area contributed by atoms with E-state index in [0.29, 0.717) is 30.5 Å². The van der Waals surface area contributed by atoms with Crippen molar-refractivity contribution in [1.29, 1.82) is 0 Å². The number of hydrogen-bond acceptors (Lipinski definition) is 10. The van der Waals surface area contributed by atoms with E-state index in [0.717, 1.165) is 36.6 Å². The van der Waals surface area contributed by atoms with Gasteiger partial charge in [0.2, 0.25) is 5.82 Å². The summed E-state index contributed by atoms with van der Waals surface area (Å²) in [5, 5.41) is 27.9. The topological polar surface area (TPSA) is 240 Å². The van der Waals surface area contributed by atoms with Crippen molar-refractivity contribution in [3.8, 4) is 11.4 Å². The van der Waals surface area contributed by atoms with Gasteiger partial charge in [-0.25, -0.2) is 34.5 Å². The maximum absolute atomic E-state index is 11.2. The normalized spacial score (nSPS) is 14.7. The minimum Gasteiger partial charge on any atom is -0.450 e. The first-order chi connectivity index (χ1) is 17.2. The van der Waals surface area contributed by atoms with Crippen LogP contribution in [-0.4, -0.2) is 94.4 Å². The number of amides is 1. The molecule has 0 aromatic carbocycles. The summed E-state index contributed by atoms with van der Waals surface area (Å²) in [6, 6.07) is 0. The molecule has 16 heteroatoms. The second-order valence-corrected chi connectivity index (χ2v) is 7.71. The van der Waals surface area contributed by atoms with Gasteiger partial charge in [-0.2, -0.15) is 0 Å². The molecule has 2 fully saturated rings. The Balaban J connectivity index is 0.000000398. The second-order valence-electron chi connectivity index (χ2n) is 7.71. The van der Waals surface area contributed by atoms with E-state index < -0.39 is 18.2 Å². The fourth-order valence-electron chi connectivity index (χ4n) is 3.34. The number of fused-ring (bicyclic) bond motifs is 1. The molecular formula is C20H24N8O8. The number of primary amides is 1. The fraction of sp³-hybridized carbons (Fsp3) is 0.400.